The molecule has 0 spiro atoms. The number of fused-ring (bicyclic) bond motifs is 2. The second-order valence-electron chi connectivity index (χ2n) is 8.20. The third kappa shape index (κ3) is 4.90. The lowest BCUT2D eigenvalue weighted by Gasteiger charge is -2.44. The number of benzene rings is 1. The maximum atomic E-state index is 13.2. The Hall–Kier alpha value is -0.970. The van der Waals surface area contributed by atoms with Crippen LogP contribution in [0, 0.1) is 17.8 Å². The molecule has 1 aliphatic heterocycles. The molecule has 0 radical (unpaired) electrons. The van der Waals surface area contributed by atoms with Crippen molar-refractivity contribution in [2.75, 3.05) is 31.1 Å². The number of amides is 1. The van der Waals surface area contributed by atoms with Gasteiger partial charge < -0.3 is 15.5 Å². The maximum absolute atomic E-state index is 13.2. The minimum atomic E-state index is 0. The molecule has 4 nitrogen and oxygen atoms in total. The predicted molar refractivity (Wildman–Crippen MR) is 116 cm³/mol. The van der Waals surface area contributed by atoms with Crippen molar-refractivity contribution >= 4 is 36.4 Å². The van der Waals surface area contributed by atoms with E-state index in [0.29, 0.717) is 23.8 Å². The third-order valence-electron chi connectivity index (χ3n) is 6.69. The van der Waals surface area contributed by atoms with Crippen LogP contribution in [0.2, 0.25) is 0 Å². The summed E-state index contributed by atoms with van der Waals surface area (Å²) in [4.78, 5) is 17.7. The Morgan fingerprint density at radius 2 is 1.56 bits per heavy atom. The number of halogens is 2. The average molecular weight is 414 g/mol. The zero-order chi connectivity index (χ0) is 17.2. The molecule has 152 valence electrons. The number of nitrogens with two attached hydrogens (primary N) is 1. The largest absolute Gasteiger partial charge is 0.370 e. The van der Waals surface area contributed by atoms with E-state index in [-0.39, 0.29) is 30.7 Å². The number of hydrogen-bond donors (Lipinski definition) is 1. The Bertz CT molecular complexity index is 586. The molecule has 2 saturated carbocycles. The monoisotopic (exact) mass is 413 g/mol. The fraction of sp³-hybridized carbons (Fsp3) is 0.667. The molecule has 4 rings (SSSR count). The van der Waals surface area contributed by atoms with E-state index in [9.17, 15) is 4.79 Å². The second-order valence-corrected chi connectivity index (χ2v) is 8.20. The smallest absolute Gasteiger partial charge is 0.225 e. The average Bonchev–Trinajstić information content (AvgIpc) is 2.88. The molecule has 2 atom stereocenters. The number of carbonyl (C=O) groups excluding carboxylic acids is 1. The molecule has 1 aromatic carbocycles. The van der Waals surface area contributed by atoms with Crippen LogP contribution in [-0.2, 0) is 4.79 Å². The first-order valence-corrected chi connectivity index (χ1v) is 10.1. The summed E-state index contributed by atoms with van der Waals surface area (Å²) in [7, 11) is 0. The fourth-order valence-electron chi connectivity index (χ4n) is 5.28. The highest BCUT2D eigenvalue weighted by atomic mass is 35.5. The van der Waals surface area contributed by atoms with Crippen molar-refractivity contribution in [3.05, 3.63) is 30.3 Å². The van der Waals surface area contributed by atoms with Crippen LogP contribution in [0.3, 0.4) is 0 Å². The van der Waals surface area contributed by atoms with E-state index < -0.39 is 0 Å². The molecule has 3 aliphatic rings. The SMILES string of the molecule is Cl.Cl.NC1C2CCCC1CC(C(=O)N1CCCN(c3ccccc3)CC1)C2. The van der Waals surface area contributed by atoms with Gasteiger partial charge in [0.2, 0.25) is 5.91 Å². The van der Waals surface area contributed by atoms with Crippen LogP contribution in [0.25, 0.3) is 0 Å². The van der Waals surface area contributed by atoms with Gasteiger partial charge >= 0.3 is 0 Å². The number of para-hydroxylation sites is 1. The minimum absolute atomic E-state index is 0. The van der Waals surface area contributed by atoms with Gasteiger partial charge in [0.1, 0.15) is 0 Å². The van der Waals surface area contributed by atoms with Gasteiger partial charge in [-0.3, -0.25) is 4.79 Å². The summed E-state index contributed by atoms with van der Waals surface area (Å²) >= 11 is 0. The highest BCUT2D eigenvalue weighted by molar-refractivity contribution is 5.85. The summed E-state index contributed by atoms with van der Waals surface area (Å²) in [6.07, 6.45) is 6.86. The summed E-state index contributed by atoms with van der Waals surface area (Å²) < 4.78 is 0. The molecular weight excluding hydrogens is 381 g/mol. The molecule has 1 aromatic rings. The van der Waals surface area contributed by atoms with E-state index >= 15 is 0 Å². The summed E-state index contributed by atoms with van der Waals surface area (Å²) in [6.45, 7) is 3.73. The van der Waals surface area contributed by atoms with Crippen LogP contribution >= 0.6 is 24.8 Å². The Kier molecular flexibility index (Phi) is 8.26. The van der Waals surface area contributed by atoms with Crippen molar-refractivity contribution < 1.29 is 4.79 Å². The minimum Gasteiger partial charge on any atom is -0.370 e. The van der Waals surface area contributed by atoms with Crippen molar-refractivity contribution in [3.8, 4) is 0 Å². The zero-order valence-corrected chi connectivity index (χ0v) is 17.6. The van der Waals surface area contributed by atoms with Crippen LogP contribution in [0.15, 0.2) is 30.3 Å². The van der Waals surface area contributed by atoms with E-state index in [1.54, 1.807) is 0 Å². The van der Waals surface area contributed by atoms with Gasteiger partial charge in [-0.25, -0.2) is 0 Å². The first kappa shape index (κ1) is 22.3. The van der Waals surface area contributed by atoms with Gasteiger partial charge in [0.05, 0.1) is 0 Å². The molecule has 1 amide bonds. The van der Waals surface area contributed by atoms with Gasteiger partial charge in [0.15, 0.2) is 0 Å². The molecule has 1 heterocycles. The molecule has 2 bridgehead atoms. The molecule has 0 aromatic heterocycles. The topological polar surface area (TPSA) is 49.6 Å². The highest BCUT2D eigenvalue weighted by Gasteiger charge is 2.41. The quantitative estimate of drug-likeness (QED) is 0.803. The number of rotatable bonds is 2. The van der Waals surface area contributed by atoms with Crippen LogP contribution in [0.4, 0.5) is 5.69 Å². The Balaban J connectivity index is 0.00000131. The third-order valence-corrected chi connectivity index (χ3v) is 6.69. The lowest BCUT2D eigenvalue weighted by molar-refractivity contribution is -0.138. The van der Waals surface area contributed by atoms with E-state index in [2.05, 4.69) is 40.1 Å². The second kappa shape index (κ2) is 9.99. The number of nitrogens with zero attached hydrogens (tertiary/aromatic N) is 2. The van der Waals surface area contributed by atoms with E-state index in [0.717, 1.165) is 45.4 Å². The molecule has 2 aliphatic carbocycles. The predicted octanol–water partition coefficient (Wildman–Crippen LogP) is 3.72. The van der Waals surface area contributed by atoms with Gasteiger partial charge in [-0.15, -0.1) is 24.8 Å². The molecular formula is C21H33Cl2N3O. The summed E-state index contributed by atoms with van der Waals surface area (Å²) in [5.41, 5.74) is 7.67. The molecule has 2 unspecified atom stereocenters. The summed E-state index contributed by atoms with van der Waals surface area (Å²) in [5, 5.41) is 0. The van der Waals surface area contributed by atoms with E-state index in [1.165, 1.54) is 24.9 Å². The van der Waals surface area contributed by atoms with E-state index in [1.807, 2.05) is 0 Å². The van der Waals surface area contributed by atoms with Crippen LogP contribution in [0.5, 0.6) is 0 Å². The van der Waals surface area contributed by atoms with Gasteiger partial charge in [0.25, 0.3) is 0 Å². The van der Waals surface area contributed by atoms with Crippen molar-refractivity contribution in [1.82, 2.24) is 4.90 Å². The van der Waals surface area contributed by atoms with Gasteiger partial charge in [0, 0.05) is 43.8 Å². The van der Waals surface area contributed by atoms with Crippen molar-refractivity contribution in [3.63, 3.8) is 0 Å². The Morgan fingerprint density at radius 3 is 2.22 bits per heavy atom. The molecule has 2 N–H and O–H groups in total. The van der Waals surface area contributed by atoms with Crippen molar-refractivity contribution in [1.29, 1.82) is 0 Å². The summed E-state index contributed by atoms with van der Waals surface area (Å²) in [6, 6.07) is 10.9. The van der Waals surface area contributed by atoms with E-state index in [4.69, 9.17) is 5.73 Å². The maximum Gasteiger partial charge on any atom is 0.225 e. The first-order chi connectivity index (χ1) is 12.2. The zero-order valence-electron chi connectivity index (χ0n) is 16.0. The Morgan fingerprint density at radius 1 is 0.889 bits per heavy atom. The van der Waals surface area contributed by atoms with Crippen molar-refractivity contribution in [2.24, 2.45) is 23.5 Å². The Labute approximate surface area is 175 Å². The highest BCUT2D eigenvalue weighted by Crippen LogP contribution is 2.42. The molecule has 3 fully saturated rings. The molecule has 6 heteroatoms. The summed E-state index contributed by atoms with van der Waals surface area (Å²) in [5.74, 6) is 1.78. The molecule has 1 saturated heterocycles. The molecule has 27 heavy (non-hydrogen) atoms. The number of anilines is 1. The number of hydrogen-bond acceptors (Lipinski definition) is 3. The first-order valence-electron chi connectivity index (χ1n) is 10.1. The van der Waals surface area contributed by atoms with Crippen LogP contribution in [-0.4, -0.2) is 43.0 Å². The van der Waals surface area contributed by atoms with Crippen LogP contribution < -0.4 is 10.6 Å². The van der Waals surface area contributed by atoms with Crippen molar-refractivity contribution in [2.45, 2.75) is 44.6 Å². The number of carbonyl (C=O) groups is 1. The fourth-order valence-corrected chi connectivity index (χ4v) is 5.28. The lowest BCUT2D eigenvalue weighted by Crippen LogP contribution is -2.50. The van der Waals surface area contributed by atoms with Gasteiger partial charge in [-0.1, -0.05) is 24.6 Å². The van der Waals surface area contributed by atoms with Crippen LogP contribution in [0.1, 0.15) is 38.5 Å². The van der Waals surface area contributed by atoms with Gasteiger partial charge in [-0.2, -0.15) is 0 Å². The lowest BCUT2D eigenvalue weighted by atomic mass is 9.65. The normalized spacial score (nSPS) is 30.6. The standard InChI is InChI=1S/C21H31N3O.2ClH/c22-20-16-6-4-7-17(20)15-18(14-16)21(25)24-11-5-10-23(12-13-24)19-8-2-1-3-9-19;;/h1-3,8-9,16-18,20H,4-7,10-15,22H2;2*1H. The van der Waals surface area contributed by atoms with Gasteiger partial charge in [-0.05, 0) is 56.1 Å².